The Hall–Kier alpha value is -4.75. The van der Waals surface area contributed by atoms with Crippen molar-refractivity contribution in [3.8, 4) is 22.6 Å². The number of phenols is 1. The lowest BCUT2D eigenvalue weighted by Gasteiger charge is -2.56. The highest BCUT2D eigenvalue weighted by Crippen LogP contribution is 2.55. The number of ether oxygens (including phenoxy) is 2. The number of amides is 2. The van der Waals surface area contributed by atoms with Crippen LogP contribution in [0.1, 0.15) is 80.1 Å². The molecule has 4 aromatic carbocycles. The standard InChI is InChI=1S/C44H48N6O5S/c1-27-39(26-56-43-47-48-49-50(43)37-13-15-38(52)16-14-37)54-41(55-40(27)34-7-5-28(25-51)6-8-34)35-11-9-33(10-12-35)36-4-2-3-29(20-36)24-45-42(53)46-44-21-30-17-31(22-44)19-32(18-30)23-44/h2-16,20,27,30-32,39-41,51-52H,17-19,21-26H2,1H3,(H2,45,46,53)/t27-,30?,31?,32?,39+,40+,41+,44?/m0/s1. The van der Waals surface area contributed by atoms with Crippen LogP contribution in [-0.4, -0.2) is 53.8 Å². The third kappa shape index (κ3) is 7.80. The molecule has 4 bridgehead atoms. The van der Waals surface area contributed by atoms with E-state index in [0.29, 0.717) is 17.5 Å². The average molecular weight is 773 g/mol. The molecule has 2 heterocycles. The number of carbonyl (C=O) groups is 1. The van der Waals surface area contributed by atoms with Crippen LogP contribution < -0.4 is 10.6 Å². The van der Waals surface area contributed by atoms with Crippen molar-refractivity contribution in [2.24, 2.45) is 23.7 Å². The maximum atomic E-state index is 13.1. The number of nitrogens with one attached hydrogen (secondary N) is 2. The van der Waals surface area contributed by atoms with Crippen molar-refractivity contribution in [2.75, 3.05) is 5.75 Å². The smallest absolute Gasteiger partial charge is 0.315 e. The first-order valence-corrected chi connectivity index (χ1v) is 20.7. The summed E-state index contributed by atoms with van der Waals surface area (Å²) >= 11 is 1.50. The highest BCUT2D eigenvalue weighted by atomic mass is 32.2. The van der Waals surface area contributed by atoms with Gasteiger partial charge in [-0.25, -0.2) is 4.79 Å². The van der Waals surface area contributed by atoms with Crippen LogP contribution in [0, 0.1) is 23.7 Å². The summed E-state index contributed by atoms with van der Waals surface area (Å²) in [5.41, 5.74) is 6.67. The van der Waals surface area contributed by atoms with Gasteiger partial charge in [0.25, 0.3) is 0 Å². The van der Waals surface area contributed by atoms with Crippen LogP contribution in [-0.2, 0) is 22.6 Å². The number of rotatable bonds is 11. The summed E-state index contributed by atoms with van der Waals surface area (Å²) in [5, 5.41) is 39.0. The number of carbonyl (C=O) groups excluding carboxylic acids is 1. The second-order valence-electron chi connectivity index (χ2n) is 16.4. The van der Waals surface area contributed by atoms with Crippen molar-refractivity contribution in [2.45, 2.75) is 87.8 Å². The van der Waals surface area contributed by atoms with Gasteiger partial charge in [-0.15, -0.1) is 5.10 Å². The molecule has 56 heavy (non-hydrogen) atoms. The van der Waals surface area contributed by atoms with E-state index in [-0.39, 0.29) is 42.1 Å². The Kier molecular flexibility index (Phi) is 10.3. The Morgan fingerprint density at radius 3 is 2.25 bits per heavy atom. The summed E-state index contributed by atoms with van der Waals surface area (Å²) in [6.45, 7) is 2.57. The number of nitrogens with zero attached hydrogens (tertiary/aromatic N) is 4. The lowest BCUT2D eigenvalue weighted by Crippen LogP contribution is -2.61. The van der Waals surface area contributed by atoms with E-state index in [1.54, 1.807) is 28.9 Å². The van der Waals surface area contributed by atoms with Crippen LogP contribution in [0.5, 0.6) is 5.75 Å². The van der Waals surface area contributed by atoms with Gasteiger partial charge in [0.2, 0.25) is 5.16 Å². The molecule has 290 valence electrons. The molecule has 4 N–H and O–H groups in total. The Morgan fingerprint density at radius 2 is 1.55 bits per heavy atom. The zero-order chi connectivity index (χ0) is 38.2. The molecule has 4 aliphatic carbocycles. The molecule has 2 amide bonds. The van der Waals surface area contributed by atoms with Crippen LogP contribution in [0.25, 0.3) is 16.8 Å². The molecule has 4 atom stereocenters. The fourth-order valence-corrected chi connectivity index (χ4v) is 11.0. The fraction of sp³-hybridized carbons (Fsp3) is 0.409. The molecular weight excluding hydrogens is 725 g/mol. The van der Waals surface area contributed by atoms with E-state index in [0.717, 1.165) is 76.1 Å². The van der Waals surface area contributed by atoms with Gasteiger partial charge in [0.1, 0.15) is 5.75 Å². The molecule has 1 saturated heterocycles. The number of aliphatic hydroxyl groups excluding tert-OH is 1. The first kappa shape index (κ1) is 36.9. The molecule has 0 spiro atoms. The minimum atomic E-state index is -0.621. The molecule has 5 aliphatic rings. The van der Waals surface area contributed by atoms with Gasteiger partial charge in [0, 0.05) is 29.3 Å². The van der Waals surface area contributed by atoms with Crippen LogP contribution in [0.2, 0.25) is 0 Å². The maximum Gasteiger partial charge on any atom is 0.315 e. The number of aliphatic hydroxyl groups is 1. The molecule has 1 aromatic heterocycles. The van der Waals surface area contributed by atoms with Crippen molar-refractivity contribution in [1.29, 1.82) is 0 Å². The molecule has 5 fully saturated rings. The molecule has 1 aliphatic heterocycles. The number of tetrazole rings is 1. The molecule has 10 rings (SSSR count). The van der Waals surface area contributed by atoms with E-state index in [1.165, 1.54) is 31.0 Å². The minimum absolute atomic E-state index is 0.0112. The zero-order valence-corrected chi connectivity index (χ0v) is 32.3. The van der Waals surface area contributed by atoms with Crippen molar-refractivity contribution in [3.05, 3.63) is 119 Å². The molecule has 0 unspecified atom stereocenters. The average Bonchev–Trinajstić information content (AvgIpc) is 3.68. The fourth-order valence-electron chi connectivity index (χ4n) is 9.92. The molecule has 0 radical (unpaired) electrons. The van der Waals surface area contributed by atoms with Gasteiger partial charge in [-0.2, -0.15) is 4.68 Å². The second kappa shape index (κ2) is 15.7. The molecular formula is C44H48N6O5S. The van der Waals surface area contributed by atoms with Gasteiger partial charge < -0.3 is 30.3 Å². The molecule has 12 heteroatoms. The predicted molar refractivity (Wildman–Crippen MR) is 213 cm³/mol. The number of hydrogen-bond acceptors (Lipinski definition) is 9. The Labute approximate surface area is 331 Å². The minimum Gasteiger partial charge on any atom is -0.508 e. The first-order chi connectivity index (χ1) is 27.3. The summed E-state index contributed by atoms with van der Waals surface area (Å²) in [5.74, 6) is 3.08. The summed E-state index contributed by atoms with van der Waals surface area (Å²) in [4.78, 5) is 13.1. The van der Waals surface area contributed by atoms with E-state index in [2.05, 4.69) is 75.5 Å². The predicted octanol–water partition coefficient (Wildman–Crippen LogP) is 7.88. The third-order valence-corrected chi connectivity index (χ3v) is 13.4. The van der Waals surface area contributed by atoms with E-state index in [1.807, 2.05) is 30.3 Å². The third-order valence-electron chi connectivity index (χ3n) is 12.3. The van der Waals surface area contributed by atoms with Gasteiger partial charge in [-0.1, -0.05) is 85.4 Å². The van der Waals surface area contributed by atoms with Crippen molar-refractivity contribution in [1.82, 2.24) is 30.8 Å². The van der Waals surface area contributed by atoms with E-state index >= 15 is 0 Å². The number of urea groups is 1. The Bertz CT molecular complexity index is 2110. The number of aromatic nitrogens is 4. The van der Waals surface area contributed by atoms with Crippen LogP contribution in [0.4, 0.5) is 4.79 Å². The van der Waals surface area contributed by atoms with Crippen LogP contribution in [0.3, 0.4) is 0 Å². The van der Waals surface area contributed by atoms with E-state index in [4.69, 9.17) is 9.47 Å². The maximum absolute atomic E-state index is 13.1. The normalized spacial score (nSPS) is 27.9. The topological polar surface area (TPSA) is 144 Å². The SMILES string of the molecule is C[C@H]1[C@@H](CSc2nnnn2-c2ccc(O)cc2)O[C@@H](c2ccc(-c3cccc(CNC(=O)NC45CC6CC(CC(C6)C4)C5)c3)cc2)O[C@H]1c1ccc(CO)cc1. The van der Waals surface area contributed by atoms with Crippen molar-refractivity contribution < 1.29 is 24.5 Å². The lowest BCUT2D eigenvalue weighted by atomic mass is 9.53. The van der Waals surface area contributed by atoms with E-state index < -0.39 is 6.29 Å². The summed E-state index contributed by atoms with van der Waals surface area (Å²) < 4.78 is 15.1. The van der Waals surface area contributed by atoms with Crippen LogP contribution in [0.15, 0.2) is 102 Å². The monoisotopic (exact) mass is 772 g/mol. The van der Waals surface area contributed by atoms with Gasteiger partial charge in [0.05, 0.1) is 24.5 Å². The summed E-state index contributed by atoms with van der Waals surface area (Å²) in [7, 11) is 0. The Balaban J connectivity index is 0.880. The van der Waals surface area contributed by atoms with E-state index in [9.17, 15) is 15.0 Å². The Morgan fingerprint density at radius 1 is 0.857 bits per heavy atom. The lowest BCUT2D eigenvalue weighted by molar-refractivity contribution is -0.268. The van der Waals surface area contributed by atoms with Gasteiger partial charge in [0.15, 0.2) is 6.29 Å². The van der Waals surface area contributed by atoms with Crippen molar-refractivity contribution >= 4 is 17.8 Å². The quantitative estimate of drug-likeness (QED) is 0.0987. The molecule has 11 nitrogen and oxygen atoms in total. The highest BCUT2D eigenvalue weighted by molar-refractivity contribution is 7.99. The first-order valence-electron chi connectivity index (χ1n) is 19.8. The zero-order valence-electron chi connectivity index (χ0n) is 31.5. The van der Waals surface area contributed by atoms with Gasteiger partial charge in [-0.3, -0.25) is 0 Å². The number of aromatic hydroxyl groups is 1. The van der Waals surface area contributed by atoms with Gasteiger partial charge in [-0.05, 0) is 125 Å². The highest BCUT2D eigenvalue weighted by Gasteiger charge is 2.51. The summed E-state index contributed by atoms with van der Waals surface area (Å²) in [6.07, 6.45) is 6.37. The summed E-state index contributed by atoms with van der Waals surface area (Å²) in [6, 6.07) is 31.2. The molecule has 5 aromatic rings. The van der Waals surface area contributed by atoms with Crippen LogP contribution >= 0.6 is 11.8 Å². The molecule has 4 saturated carbocycles. The number of hydrogen-bond donors (Lipinski definition) is 4. The number of benzene rings is 4. The number of thioether (sulfide) groups is 1. The van der Waals surface area contributed by atoms with Crippen molar-refractivity contribution in [3.63, 3.8) is 0 Å². The largest absolute Gasteiger partial charge is 0.508 e. The second-order valence-corrected chi connectivity index (χ2v) is 17.3. The van der Waals surface area contributed by atoms with Gasteiger partial charge >= 0.3 is 6.03 Å². The number of phenolic OH excluding ortho intramolecular Hbond substituents is 1.